The van der Waals surface area contributed by atoms with Gasteiger partial charge in [-0.2, -0.15) is 0 Å². The molecule has 1 amide bonds. The second kappa shape index (κ2) is 6.75. The molecule has 136 valence electrons. The first-order valence-corrected chi connectivity index (χ1v) is 8.80. The second-order valence-corrected chi connectivity index (χ2v) is 6.69. The zero-order valence-corrected chi connectivity index (χ0v) is 14.5. The monoisotopic (exact) mass is 363 g/mol. The number of non-ortho nitro benzene ring substituents is 1. The van der Waals surface area contributed by atoms with Gasteiger partial charge in [0.15, 0.2) is 5.78 Å². The van der Waals surface area contributed by atoms with Crippen molar-refractivity contribution in [2.45, 2.75) is 31.6 Å². The van der Waals surface area contributed by atoms with Crippen LogP contribution in [0.15, 0.2) is 60.1 Å². The van der Waals surface area contributed by atoms with Gasteiger partial charge in [0.25, 0.3) is 5.69 Å². The number of hydrogen-bond donors (Lipinski definition) is 0. The lowest BCUT2D eigenvalue weighted by Gasteiger charge is -2.38. The van der Waals surface area contributed by atoms with Crippen molar-refractivity contribution >= 4 is 23.1 Å². The van der Waals surface area contributed by atoms with Crippen LogP contribution in [0.4, 0.5) is 11.4 Å². The van der Waals surface area contributed by atoms with Gasteiger partial charge in [0.1, 0.15) is 0 Å². The zero-order chi connectivity index (χ0) is 19.0. The molecule has 0 spiro atoms. The minimum absolute atomic E-state index is 0.00847. The summed E-state index contributed by atoms with van der Waals surface area (Å²) in [6, 6.07) is 9.76. The fourth-order valence-corrected chi connectivity index (χ4v) is 3.92. The number of ketones is 1. The third kappa shape index (κ3) is 3.01. The Morgan fingerprint density at radius 1 is 1.15 bits per heavy atom. The maximum absolute atomic E-state index is 13.0. The number of nitro benzene ring substituents is 1. The summed E-state index contributed by atoms with van der Waals surface area (Å²) < 4.78 is 0. The maximum atomic E-state index is 13.0. The van der Waals surface area contributed by atoms with Gasteiger partial charge in [-0.1, -0.05) is 12.1 Å². The van der Waals surface area contributed by atoms with Gasteiger partial charge in [0, 0.05) is 48.4 Å². The first-order chi connectivity index (χ1) is 13.1. The van der Waals surface area contributed by atoms with Crippen LogP contribution in [0.2, 0.25) is 0 Å². The Morgan fingerprint density at radius 3 is 2.74 bits per heavy atom. The molecule has 0 bridgehead atoms. The van der Waals surface area contributed by atoms with Crippen LogP contribution in [0, 0.1) is 10.1 Å². The van der Waals surface area contributed by atoms with Gasteiger partial charge in [0.2, 0.25) is 5.91 Å². The van der Waals surface area contributed by atoms with E-state index >= 15 is 0 Å². The van der Waals surface area contributed by atoms with Gasteiger partial charge in [-0.25, -0.2) is 0 Å². The van der Waals surface area contributed by atoms with E-state index < -0.39 is 10.8 Å². The molecule has 0 saturated heterocycles. The number of carbonyl (C=O) groups excluding carboxylic acids is 2. The number of allylic oxidation sites excluding steroid dienone is 2. The smallest absolute Gasteiger partial charge is 0.269 e. The minimum atomic E-state index is -0.464. The Morgan fingerprint density at radius 2 is 2.00 bits per heavy atom. The van der Waals surface area contributed by atoms with Crippen LogP contribution in [0.1, 0.15) is 37.2 Å². The lowest BCUT2D eigenvalue weighted by molar-refractivity contribution is -0.384. The fourth-order valence-electron chi connectivity index (χ4n) is 3.92. The summed E-state index contributed by atoms with van der Waals surface area (Å²) in [6.45, 7) is 0. The average Bonchev–Trinajstić information content (AvgIpc) is 2.68. The normalized spacial score (nSPS) is 19.9. The molecule has 2 aromatic rings. The van der Waals surface area contributed by atoms with Crippen molar-refractivity contribution in [1.82, 2.24) is 4.98 Å². The van der Waals surface area contributed by atoms with Crippen molar-refractivity contribution in [1.29, 1.82) is 0 Å². The number of amides is 1. The first kappa shape index (κ1) is 17.1. The molecule has 1 aliphatic carbocycles. The number of anilines is 1. The molecule has 7 nitrogen and oxygen atoms in total. The molecule has 1 aromatic heterocycles. The third-order valence-corrected chi connectivity index (χ3v) is 5.06. The number of rotatable bonds is 3. The van der Waals surface area contributed by atoms with Gasteiger partial charge in [0.05, 0.1) is 16.8 Å². The molecule has 0 fully saturated rings. The molecule has 2 aliphatic rings. The molecular weight excluding hydrogens is 346 g/mol. The van der Waals surface area contributed by atoms with Gasteiger partial charge in [-0.15, -0.1) is 0 Å². The molecule has 0 N–H and O–H groups in total. The molecule has 7 heteroatoms. The Bertz CT molecular complexity index is 968. The second-order valence-electron chi connectivity index (χ2n) is 6.69. The average molecular weight is 363 g/mol. The molecule has 0 saturated carbocycles. The van der Waals surface area contributed by atoms with Gasteiger partial charge < -0.3 is 0 Å². The van der Waals surface area contributed by atoms with Gasteiger partial charge >= 0.3 is 0 Å². The van der Waals surface area contributed by atoms with Crippen LogP contribution in [0.5, 0.6) is 0 Å². The highest BCUT2D eigenvalue weighted by Crippen LogP contribution is 2.43. The van der Waals surface area contributed by atoms with E-state index in [2.05, 4.69) is 4.98 Å². The molecular formula is C20H17N3O4. The summed E-state index contributed by atoms with van der Waals surface area (Å²) in [6.07, 6.45) is 5.07. The van der Waals surface area contributed by atoms with E-state index in [1.54, 1.807) is 41.6 Å². The van der Waals surface area contributed by atoms with E-state index in [1.807, 2.05) is 0 Å². The summed E-state index contributed by atoms with van der Waals surface area (Å²) in [5.74, 6) is -0.574. The van der Waals surface area contributed by atoms with Crippen molar-refractivity contribution < 1.29 is 14.5 Å². The number of Topliss-reactive ketones (excluding diaryl/α,β-unsaturated/α-hetero) is 1. The van der Waals surface area contributed by atoms with E-state index in [9.17, 15) is 19.7 Å². The lowest BCUT2D eigenvalue weighted by atomic mass is 9.77. The number of nitrogens with zero attached hydrogens (tertiary/aromatic N) is 3. The predicted octanol–water partition coefficient (Wildman–Crippen LogP) is 3.52. The van der Waals surface area contributed by atoms with Crippen molar-refractivity contribution in [3.63, 3.8) is 0 Å². The Hall–Kier alpha value is -3.35. The lowest BCUT2D eigenvalue weighted by Crippen LogP contribution is -2.40. The molecule has 1 aromatic carbocycles. The first-order valence-electron chi connectivity index (χ1n) is 8.80. The summed E-state index contributed by atoms with van der Waals surface area (Å²) in [5, 5.41) is 11.1. The van der Waals surface area contributed by atoms with Gasteiger partial charge in [-0.3, -0.25) is 29.6 Å². The zero-order valence-electron chi connectivity index (χ0n) is 14.5. The van der Waals surface area contributed by atoms with E-state index in [-0.39, 0.29) is 23.8 Å². The molecule has 4 rings (SSSR count). The highest BCUT2D eigenvalue weighted by atomic mass is 16.6. The predicted molar refractivity (Wildman–Crippen MR) is 98.1 cm³/mol. The van der Waals surface area contributed by atoms with E-state index in [0.717, 1.165) is 0 Å². The summed E-state index contributed by atoms with van der Waals surface area (Å²) in [4.78, 5) is 42.1. The van der Waals surface area contributed by atoms with Crippen molar-refractivity contribution in [2.24, 2.45) is 0 Å². The number of pyridine rings is 1. The number of carbonyl (C=O) groups is 2. The Balaban J connectivity index is 1.85. The van der Waals surface area contributed by atoms with Crippen molar-refractivity contribution in [3.8, 4) is 0 Å². The van der Waals surface area contributed by atoms with E-state index in [1.165, 1.54) is 12.1 Å². The maximum Gasteiger partial charge on any atom is 0.269 e. The van der Waals surface area contributed by atoms with Gasteiger partial charge in [-0.05, 0) is 30.5 Å². The number of hydrogen-bond acceptors (Lipinski definition) is 5. The van der Waals surface area contributed by atoms with Crippen LogP contribution < -0.4 is 4.90 Å². The largest absolute Gasteiger partial charge is 0.294 e. The van der Waals surface area contributed by atoms with E-state index in [0.29, 0.717) is 41.8 Å². The van der Waals surface area contributed by atoms with Crippen molar-refractivity contribution in [3.05, 3.63) is 75.7 Å². The summed E-state index contributed by atoms with van der Waals surface area (Å²) >= 11 is 0. The van der Waals surface area contributed by atoms with Crippen LogP contribution in [-0.4, -0.2) is 21.6 Å². The molecule has 1 unspecified atom stereocenters. The SMILES string of the molecule is O=C1CCCC2=C1C(c1cccc([N+](=O)[O-])c1)CC(=O)N2c1cccnc1. The van der Waals surface area contributed by atoms with Crippen LogP contribution in [0.3, 0.4) is 0 Å². The molecule has 2 heterocycles. The highest BCUT2D eigenvalue weighted by Gasteiger charge is 2.40. The number of aromatic nitrogens is 1. The fraction of sp³-hybridized carbons (Fsp3) is 0.250. The molecule has 1 aliphatic heterocycles. The molecule has 1 atom stereocenters. The highest BCUT2D eigenvalue weighted by molar-refractivity contribution is 6.07. The standard InChI is InChI=1S/C20H17N3O4/c24-18-8-2-7-17-20(18)16(13-4-1-5-14(10-13)23(26)27)11-19(25)22(17)15-6-3-9-21-12-15/h1,3-6,9-10,12,16H,2,7-8,11H2. The van der Waals surface area contributed by atoms with Crippen molar-refractivity contribution in [2.75, 3.05) is 4.90 Å². The Labute approximate surface area is 155 Å². The minimum Gasteiger partial charge on any atom is -0.294 e. The van der Waals surface area contributed by atoms with Crippen LogP contribution in [-0.2, 0) is 9.59 Å². The summed E-state index contributed by atoms with van der Waals surface area (Å²) in [7, 11) is 0. The Kier molecular flexibility index (Phi) is 4.27. The van der Waals surface area contributed by atoms with Crippen LogP contribution >= 0.6 is 0 Å². The topological polar surface area (TPSA) is 93.4 Å². The quantitative estimate of drug-likeness (QED) is 0.614. The summed E-state index contributed by atoms with van der Waals surface area (Å²) in [5.41, 5.74) is 2.53. The van der Waals surface area contributed by atoms with Crippen LogP contribution in [0.25, 0.3) is 0 Å². The van der Waals surface area contributed by atoms with E-state index in [4.69, 9.17) is 0 Å². The molecule has 0 radical (unpaired) electrons. The number of benzene rings is 1. The third-order valence-electron chi connectivity index (χ3n) is 5.06. The number of nitro groups is 1. The molecule has 27 heavy (non-hydrogen) atoms.